The van der Waals surface area contributed by atoms with Gasteiger partial charge < -0.3 is 9.73 Å². The van der Waals surface area contributed by atoms with E-state index in [0.717, 1.165) is 0 Å². The lowest BCUT2D eigenvalue weighted by molar-refractivity contribution is 0.102. The number of hydrogen-bond acceptors (Lipinski definition) is 3. The fourth-order valence-electron chi connectivity index (χ4n) is 1.09. The lowest BCUT2D eigenvalue weighted by Crippen LogP contribution is -2.12. The first-order chi connectivity index (χ1) is 7.66. The molecule has 2 aromatic rings. The van der Waals surface area contributed by atoms with Gasteiger partial charge in [0.05, 0.1) is 16.8 Å². The first-order valence-corrected chi connectivity index (χ1v) is 5.50. The highest BCUT2D eigenvalue weighted by Gasteiger charge is 2.12. The molecule has 0 saturated heterocycles. The van der Waals surface area contributed by atoms with E-state index in [1.165, 1.54) is 12.5 Å². The van der Waals surface area contributed by atoms with E-state index < -0.39 is 0 Å². The normalized spacial score (nSPS) is 10.1. The molecule has 0 saturated carbocycles. The minimum Gasteiger partial charge on any atom is -0.457 e. The van der Waals surface area contributed by atoms with Crippen molar-refractivity contribution in [3.63, 3.8) is 0 Å². The number of amides is 1. The molecule has 0 spiro atoms. The Morgan fingerprint density at radius 1 is 1.44 bits per heavy atom. The Morgan fingerprint density at radius 3 is 2.81 bits per heavy atom. The van der Waals surface area contributed by atoms with Crippen LogP contribution in [0.4, 0.5) is 5.82 Å². The average molecular weight is 302 g/mol. The molecule has 2 heterocycles. The quantitative estimate of drug-likeness (QED) is 0.925. The Bertz CT molecular complexity index is 510. The van der Waals surface area contributed by atoms with Crippen LogP contribution in [0.2, 0.25) is 5.02 Å². The Morgan fingerprint density at radius 2 is 2.25 bits per heavy atom. The van der Waals surface area contributed by atoms with E-state index in [2.05, 4.69) is 26.2 Å². The molecule has 6 heteroatoms. The van der Waals surface area contributed by atoms with E-state index in [1.807, 2.05) is 0 Å². The smallest absolute Gasteiger partial charge is 0.261 e. The number of anilines is 1. The monoisotopic (exact) mass is 300 g/mol. The second-order valence-corrected chi connectivity index (χ2v) is 4.08. The van der Waals surface area contributed by atoms with Crippen molar-refractivity contribution in [1.82, 2.24) is 4.98 Å². The number of halogens is 2. The van der Waals surface area contributed by atoms with Gasteiger partial charge in [-0.2, -0.15) is 0 Å². The summed E-state index contributed by atoms with van der Waals surface area (Å²) in [5.74, 6) is 0.137. The van der Waals surface area contributed by atoms with Crippen LogP contribution in [0, 0.1) is 0 Å². The van der Waals surface area contributed by atoms with E-state index in [0.29, 0.717) is 21.1 Å². The number of furan rings is 1. The van der Waals surface area contributed by atoms with Crippen LogP contribution in [-0.2, 0) is 0 Å². The molecule has 0 bridgehead atoms. The predicted octanol–water partition coefficient (Wildman–Crippen LogP) is 3.34. The summed E-state index contributed by atoms with van der Waals surface area (Å²) in [5, 5.41) is 3.13. The minimum atomic E-state index is -0.296. The standard InChI is InChI=1S/C10H6BrClN2O2/c11-9-7(3-4-16-9)10(15)14-8-2-1-6(12)5-13-8/h1-5H,(H,13,14,15). The Labute approximate surface area is 105 Å². The van der Waals surface area contributed by atoms with Crippen LogP contribution in [0.5, 0.6) is 0 Å². The van der Waals surface area contributed by atoms with Crippen LogP contribution < -0.4 is 5.32 Å². The molecule has 0 aliphatic rings. The molecule has 1 N–H and O–H groups in total. The Kier molecular flexibility index (Phi) is 3.26. The zero-order valence-corrected chi connectivity index (χ0v) is 10.2. The van der Waals surface area contributed by atoms with E-state index in [1.54, 1.807) is 18.2 Å². The fraction of sp³-hybridized carbons (Fsp3) is 0. The molecule has 0 atom stereocenters. The van der Waals surface area contributed by atoms with Gasteiger partial charge in [-0.1, -0.05) is 11.6 Å². The molecule has 4 nitrogen and oxygen atoms in total. The average Bonchev–Trinajstić information content (AvgIpc) is 2.68. The zero-order chi connectivity index (χ0) is 11.5. The van der Waals surface area contributed by atoms with Crippen LogP contribution in [-0.4, -0.2) is 10.9 Å². The highest BCUT2D eigenvalue weighted by molar-refractivity contribution is 9.10. The number of rotatable bonds is 2. The molecule has 16 heavy (non-hydrogen) atoms. The summed E-state index contributed by atoms with van der Waals surface area (Å²) in [7, 11) is 0. The third kappa shape index (κ3) is 2.43. The first kappa shape index (κ1) is 11.2. The van der Waals surface area contributed by atoms with Crippen molar-refractivity contribution in [2.75, 3.05) is 5.32 Å². The van der Waals surface area contributed by atoms with Crippen molar-refractivity contribution >= 4 is 39.3 Å². The Hall–Kier alpha value is -1.33. The lowest BCUT2D eigenvalue weighted by Gasteiger charge is -2.02. The fourth-order valence-corrected chi connectivity index (χ4v) is 1.62. The second-order valence-electron chi connectivity index (χ2n) is 2.92. The molecule has 0 aliphatic heterocycles. The molecular weight excluding hydrogens is 295 g/mol. The largest absolute Gasteiger partial charge is 0.457 e. The van der Waals surface area contributed by atoms with Crippen molar-refractivity contribution in [2.45, 2.75) is 0 Å². The van der Waals surface area contributed by atoms with Crippen LogP contribution in [0.1, 0.15) is 10.4 Å². The van der Waals surface area contributed by atoms with Crippen LogP contribution in [0.3, 0.4) is 0 Å². The van der Waals surface area contributed by atoms with Gasteiger partial charge in [0.15, 0.2) is 4.67 Å². The van der Waals surface area contributed by atoms with Crippen LogP contribution >= 0.6 is 27.5 Å². The summed E-state index contributed by atoms with van der Waals surface area (Å²) in [6.07, 6.45) is 2.88. The van der Waals surface area contributed by atoms with Gasteiger partial charge in [-0.05, 0) is 34.1 Å². The van der Waals surface area contributed by atoms with Crippen molar-refractivity contribution in [3.05, 3.63) is 45.9 Å². The third-order valence-electron chi connectivity index (χ3n) is 1.83. The van der Waals surface area contributed by atoms with Gasteiger partial charge in [-0.25, -0.2) is 4.98 Å². The van der Waals surface area contributed by atoms with Crippen molar-refractivity contribution in [2.24, 2.45) is 0 Å². The van der Waals surface area contributed by atoms with Gasteiger partial charge in [0, 0.05) is 6.20 Å². The van der Waals surface area contributed by atoms with E-state index >= 15 is 0 Å². The molecule has 0 radical (unpaired) electrons. The topological polar surface area (TPSA) is 55.1 Å². The van der Waals surface area contributed by atoms with Gasteiger partial charge in [-0.15, -0.1) is 0 Å². The predicted molar refractivity (Wildman–Crippen MR) is 63.6 cm³/mol. The summed E-state index contributed by atoms with van der Waals surface area (Å²) in [6.45, 7) is 0. The summed E-state index contributed by atoms with van der Waals surface area (Å²) < 4.78 is 5.34. The van der Waals surface area contributed by atoms with Gasteiger partial charge in [0.1, 0.15) is 5.82 Å². The summed E-state index contributed by atoms with van der Waals surface area (Å²) in [5.41, 5.74) is 0.414. The van der Waals surface area contributed by atoms with Crippen LogP contribution in [0.15, 0.2) is 39.7 Å². The maximum atomic E-state index is 11.7. The molecule has 0 aromatic carbocycles. The maximum Gasteiger partial charge on any atom is 0.261 e. The van der Waals surface area contributed by atoms with Gasteiger partial charge in [0.25, 0.3) is 5.91 Å². The third-order valence-corrected chi connectivity index (χ3v) is 2.67. The van der Waals surface area contributed by atoms with Crippen LogP contribution in [0.25, 0.3) is 0 Å². The SMILES string of the molecule is O=C(Nc1ccc(Cl)cn1)c1ccoc1Br. The van der Waals surface area contributed by atoms with Gasteiger partial charge >= 0.3 is 0 Å². The van der Waals surface area contributed by atoms with Crippen molar-refractivity contribution < 1.29 is 9.21 Å². The van der Waals surface area contributed by atoms with E-state index in [-0.39, 0.29) is 5.91 Å². The minimum absolute atomic E-state index is 0.296. The number of nitrogens with one attached hydrogen (secondary N) is 1. The van der Waals surface area contributed by atoms with Crippen molar-refractivity contribution in [1.29, 1.82) is 0 Å². The van der Waals surface area contributed by atoms with Gasteiger partial charge in [0.2, 0.25) is 0 Å². The molecule has 2 rings (SSSR count). The number of aromatic nitrogens is 1. The number of hydrogen-bond donors (Lipinski definition) is 1. The second kappa shape index (κ2) is 4.67. The molecule has 0 unspecified atom stereocenters. The number of carbonyl (C=O) groups excluding carboxylic acids is 1. The van der Waals surface area contributed by atoms with Crippen molar-refractivity contribution in [3.8, 4) is 0 Å². The maximum absolute atomic E-state index is 11.7. The highest BCUT2D eigenvalue weighted by atomic mass is 79.9. The summed E-state index contributed by atoms with van der Waals surface area (Å²) in [4.78, 5) is 15.7. The number of pyridine rings is 1. The lowest BCUT2D eigenvalue weighted by atomic mass is 10.3. The summed E-state index contributed by atoms with van der Waals surface area (Å²) >= 11 is 8.80. The first-order valence-electron chi connectivity index (χ1n) is 4.33. The molecule has 2 aromatic heterocycles. The zero-order valence-electron chi connectivity index (χ0n) is 7.91. The molecule has 1 amide bonds. The number of carbonyl (C=O) groups is 1. The molecule has 0 aliphatic carbocycles. The highest BCUT2D eigenvalue weighted by Crippen LogP contribution is 2.19. The molecule has 0 fully saturated rings. The van der Waals surface area contributed by atoms with E-state index in [4.69, 9.17) is 16.0 Å². The molecular formula is C10H6BrClN2O2. The number of nitrogens with zero attached hydrogens (tertiary/aromatic N) is 1. The Balaban J connectivity index is 2.14. The molecule has 82 valence electrons. The van der Waals surface area contributed by atoms with Gasteiger partial charge in [-0.3, -0.25) is 4.79 Å². The summed E-state index contributed by atoms with van der Waals surface area (Å²) in [6, 6.07) is 4.83. The van der Waals surface area contributed by atoms with E-state index in [9.17, 15) is 4.79 Å².